The lowest BCUT2D eigenvalue weighted by atomic mass is 9.91. The van der Waals surface area contributed by atoms with Crippen LogP contribution in [0.1, 0.15) is 35.7 Å². The normalized spacial score (nSPS) is 15.9. The molecule has 1 aliphatic rings. The van der Waals surface area contributed by atoms with E-state index in [9.17, 15) is 9.18 Å². The molecule has 0 saturated carbocycles. The van der Waals surface area contributed by atoms with Gasteiger partial charge in [0.2, 0.25) is 5.91 Å². The first-order chi connectivity index (χ1) is 13.6. The van der Waals surface area contributed by atoms with Crippen LogP contribution in [0.2, 0.25) is 0 Å². The average Bonchev–Trinajstić information content (AvgIpc) is 3.07. The van der Waals surface area contributed by atoms with Crippen LogP contribution in [-0.2, 0) is 17.6 Å². The highest BCUT2D eigenvalue weighted by Crippen LogP contribution is 2.35. The second-order valence-corrected chi connectivity index (χ2v) is 7.09. The van der Waals surface area contributed by atoms with Crippen LogP contribution in [-0.4, -0.2) is 25.1 Å². The molecule has 0 saturated heterocycles. The van der Waals surface area contributed by atoms with Crippen molar-refractivity contribution in [1.82, 2.24) is 10.3 Å². The van der Waals surface area contributed by atoms with Gasteiger partial charge in [-0.05, 0) is 60.7 Å². The molecular weight excluding hydrogens is 359 g/mol. The second kappa shape index (κ2) is 7.54. The van der Waals surface area contributed by atoms with E-state index in [1.807, 2.05) is 12.1 Å². The third-order valence-electron chi connectivity index (χ3n) is 5.32. The number of hydrogen-bond acceptors (Lipinski definition) is 3. The van der Waals surface area contributed by atoms with Crippen LogP contribution in [0.3, 0.4) is 0 Å². The lowest BCUT2D eigenvalue weighted by Gasteiger charge is -2.24. The Morgan fingerprint density at radius 3 is 2.79 bits per heavy atom. The number of halogens is 1. The lowest BCUT2D eigenvalue weighted by molar-refractivity contribution is -0.121. The molecule has 0 spiro atoms. The summed E-state index contributed by atoms with van der Waals surface area (Å²) >= 11 is 0. The third-order valence-corrected chi connectivity index (χ3v) is 5.32. The van der Waals surface area contributed by atoms with Gasteiger partial charge in [-0.3, -0.25) is 4.79 Å². The molecule has 28 heavy (non-hydrogen) atoms. The quantitative estimate of drug-likeness (QED) is 0.699. The van der Waals surface area contributed by atoms with E-state index in [0.717, 1.165) is 47.0 Å². The number of nitrogens with one attached hydrogen (secondary N) is 2. The molecule has 0 radical (unpaired) electrons. The van der Waals surface area contributed by atoms with Crippen molar-refractivity contribution >= 4 is 16.8 Å². The van der Waals surface area contributed by atoms with E-state index in [4.69, 9.17) is 9.47 Å². The predicted octanol–water partition coefficient (Wildman–Crippen LogP) is 4.06. The maximum atomic E-state index is 13.6. The molecule has 2 aromatic carbocycles. The zero-order valence-corrected chi connectivity index (χ0v) is 16.0. The number of H-pyrrole nitrogens is 1. The number of aromatic amines is 1. The number of aryl methyl sites for hydroxylation is 1. The molecule has 0 aliphatic heterocycles. The number of hydrogen-bond donors (Lipinski definition) is 2. The minimum absolute atomic E-state index is 0.0603. The van der Waals surface area contributed by atoms with Crippen molar-refractivity contribution in [3.8, 4) is 11.5 Å². The molecule has 0 bridgehead atoms. The number of carbonyl (C=O) groups is 1. The molecule has 0 fully saturated rings. The Hall–Kier alpha value is -3.02. The molecule has 4 rings (SSSR count). The Morgan fingerprint density at radius 2 is 2.00 bits per heavy atom. The van der Waals surface area contributed by atoms with Gasteiger partial charge in [0.05, 0.1) is 26.7 Å². The first kappa shape index (κ1) is 18.3. The highest BCUT2D eigenvalue weighted by Gasteiger charge is 2.25. The second-order valence-electron chi connectivity index (χ2n) is 7.09. The molecule has 1 amide bonds. The molecule has 3 aromatic rings. The average molecular weight is 382 g/mol. The number of ether oxygens (including phenoxy) is 2. The molecule has 1 aliphatic carbocycles. The summed E-state index contributed by atoms with van der Waals surface area (Å²) in [6, 6.07) is 10.2. The molecule has 0 unspecified atom stereocenters. The lowest BCUT2D eigenvalue weighted by Crippen LogP contribution is -2.32. The van der Waals surface area contributed by atoms with Crippen LogP contribution in [0.25, 0.3) is 10.9 Å². The number of methoxy groups -OCH3 is 2. The minimum Gasteiger partial charge on any atom is -0.493 e. The van der Waals surface area contributed by atoms with Gasteiger partial charge in [-0.25, -0.2) is 4.39 Å². The summed E-state index contributed by atoms with van der Waals surface area (Å²) < 4.78 is 24.2. The van der Waals surface area contributed by atoms with Crippen molar-refractivity contribution in [2.24, 2.45) is 0 Å². The smallest absolute Gasteiger partial charge is 0.224 e. The Bertz CT molecular complexity index is 1030. The van der Waals surface area contributed by atoms with Gasteiger partial charge < -0.3 is 19.8 Å². The van der Waals surface area contributed by atoms with Crippen molar-refractivity contribution in [2.45, 2.75) is 31.7 Å². The largest absolute Gasteiger partial charge is 0.493 e. The molecule has 2 N–H and O–H groups in total. The van der Waals surface area contributed by atoms with Gasteiger partial charge in [-0.1, -0.05) is 6.07 Å². The minimum atomic E-state index is -0.242. The fourth-order valence-corrected chi connectivity index (χ4v) is 4.00. The van der Waals surface area contributed by atoms with E-state index < -0.39 is 0 Å². The summed E-state index contributed by atoms with van der Waals surface area (Å²) in [4.78, 5) is 16.0. The first-order valence-corrected chi connectivity index (χ1v) is 9.39. The zero-order chi connectivity index (χ0) is 19.7. The highest BCUT2D eigenvalue weighted by atomic mass is 19.1. The van der Waals surface area contributed by atoms with Crippen LogP contribution >= 0.6 is 0 Å². The Kier molecular flexibility index (Phi) is 4.94. The van der Waals surface area contributed by atoms with E-state index in [-0.39, 0.29) is 24.2 Å². The van der Waals surface area contributed by atoms with Crippen molar-refractivity contribution in [3.05, 3.63) is 59.0 Å². The number of fused-ring (bicyclic) bond motifs is 3. The molecule has 6 heteroatoms. The highest BCUT2D eigenvalue weighted by molar-refractivity contribution is 5.86. The fourth-order valence-electron chi connectivity index (χ4n) is 4.00. The maximum Gasteiger partial charge on any atom is 0.224 e. The summed E-state index contributed by atoms with van der Waals surface area (Å²) in [5.74, 6) is 0.933. The summed E-state index contributed by atoms with van der Waals surface area (Å²) in [5.41, 5.74) is 3.86. The zero-order valence-electron chi connectivity index (χ0n) is 16.0. The van der Waals surface area contributed by atoms with Gasteiger partial charge in [-0.15, -0.1) is 0 Å². The van der Waals surface area contributed by atoms with Gasteiger partial charge >= 0.3 is 0 Å². The number of amides is 1. The Morgan fingerprint density at radius 1 is 1.18 bits per heavy atom. The molecule has 5 nitrogen and oxygen atoms in total. The van der Waals surface area contributed by atoms with E-state index in [1.165, 1.54) is 6.07 Å². The van der Waals surface area contributed by atoms with Crippen molar-refractivity contribution in [1.29, 1.82) is 0 Å². The topological polar surface area (TPSA) is 63.3 Å². The number of carbonyl (C=O) groups excluding carboxylic acids is 1. The summed E-state index contributed by atoms with van der Waals surface area (Å²) in [7, 11) is 3.15. The van der Waals surface area contributed by atoms with E-state index in [0.29, 0.717) is 11.5 Å². The van der Waals surface area contributed by atoms with Crippen LogP contribution in [0, 0.1) is 5.82 Å². The molecule has 1 aromatic heterocycles. The van der Waals surface area contributed by atoms with Crippen LogP contribution in [0.4, 0.5) is 4.39 Å². The van der Waals surface area contributed by atoms with E-state index in [2.05, 4.69) is 10.3 Å². The van der Waals surface area contributed by atoms with E-state index in [1.54, 1.807) is 32.4 Å². The predicted molar refractivity (Wildman–Crippen MR) is 105 cm³/mol. The molecule has 146 valence electrons. The Balaban J connectivity index is 1.53. The standard InChI is InChI=1S/C22H23FN2O3/c1-27-19-9-6-13(10-20(19)28-2)11-21(26)24-18-5-3-4-15-16-12-14(23)7-8-17(16)25-22(15)18/h6-10,12,18,25H,3-5,11H2,1-2H3,(H,24,26)/t18-/m0/s1. The summed E-state index contributed by atoms with van der Waals surface area (Å²) in [5, 5.41) is 4.04. The van der Waals surface area contributed by atoms with Crippen LogP contribution in [0.15, 0.2) is 36.4 Å². The van der Waals surface area contributed by atoms with Crippen molar-refractivity contribution < 1.29 is 18.7 Å². The van der Waals surface area contributed by atoms with Gasteiger partial charge in [-0.2, -0.15) is 0 Å². The van der Waals surface area contributed by atoms with Gasteiger partial charge in [0.1, 0.15) is 5.82 Å². The van der Waals surface area contributed by atoms with Crippen LogP contribution in [0.5, 0.6) is 11.5 Å². The summed E-state index contributed by atoms with van der Waals surface area (Å²) in [6.45, 7) is 0. The van der Waals surface area contributed by atoms with Crippen molar-refractivity contribution in [3.63, 3.8) is 0 Å². The fraction of sp³-hybridized carbons (Fsp3) is 0.318. The monoisotopic (exact) mass is 382 g/mol. The first-order valence-electron chi connectivity index (χ1n) is 9.39. The van der Waals surface area contributed by atoms with E-state index >= 15 is 0 Å². The Labute approximate surface area is 162 Å². The number of benzene rings is 2. The SMILES string of the molecule is COc1ccc(CC(=O)N[C@H]2CCCc3c2[nH]c2ccc(F)cc32)cc1OC. The molecule has 1 atom stereocenters. The van der Waals surface area contributed by atoms with Gasteiger partial charge in [0.25, 0.3) is 0 Å². The summed E-state index contributed by atoms with van der Waals surface area (Å²) in [6.07, 6.45) is 2.96. The van der Waals surface area contributed by atoms with Crippen molar-refractivity contribution in [2.75, 3.05) is 14.2 Å². The number of aromatic nitrogens is 1. The van der Waals surface area contributed by atoms with Gasteiger partial charge in [0.15, 0.2) is 11.5 Å². The number of rotatable bonds is 5. The van der Waals surface area contributed by atoms with Crippen LogP contribution < -0.4 is 14.8 Å². The third kappa shape index (κ3) is 3.42. The molecule has 1 heterocycles. The maximum absolute atomic E-state index is 13.6. The van der Waals surface area contributed by atoms with Gasteiger partial charge in [0, 0.05) is 16.6 Å². The molecular formula is C22H23FN2O3.